The van der Waals surface area contributed by atoms with Crippen LogP contribution in [0.2, 0.25) is 0 Å². The largest absolute Gasteiger partial charge is 0.494 e. The minimum absolute atomic E-state index is 0.105. The van der Waals surface area contributed by atoms with Crippen LogP contribution in [-0.2, 0) is 6.54 Å². The molecule has 1 aromatic heterocycles. The summed E-state index contributed by atoms with van der Waals surface area (Å²) in [4.78, 5) is 13.8. The fraction of sp³-hybridized carbons (Fsp3) is 0.353. The second kappa shape index (κ2) is 7.54. The molecule has 0 spiro atoms. The van der Waals surface area contributed by atoms with Crippen molar-refractivity contribution in [3.05, 3.63) is 54.0 Å². The van der Waals surface area contributed by atoms with E-state index in [-0.39, 0.29) is 12.1 Å². The quantitative estimate of drug-likeness (QED) is 0.887. The fourth-order valence-electron chi connectivity index (χ4n) is 2.13. The van der Waals surface area contributed by atoms with Gasteiger partial charge in [0.25, 0.3) is 0 Å². The van der Waals surface area contributed by atoms with E-state index in [2.05, 4.69) is 5.32 Å². The first kappa shape index (κ1) is 15.9. The van der Waals surface area contributed by atoms with Crippen LogP contribution < -0.4 is 10.1 Å². The van der Waals surface area contributed by atoms with E-state index in [9.17, 15) is 4.79 Å². The zero-order valence-corrected chi connectivity index (χ0v) is 13.2. The van der Waals surface area contributed by atoms with Gasteiger partial charge in [-0.3, -0.25) is 0 Å². The van der Waals surface area contributed by atoms with E-state index in [1.54, 1.807) is 18.2 Å². The SMILES string of the molecule is CCOc1cccc([C@H](C)NC(=O)N(C)Cc2ccco2)c1. The van der Waals surface area contributed by atoms with Gasteiger partial charge in [0.1, 0.15) is 11.5 Å². The lowest BCUT2D eigenvalue weighted by atomic mass is 10.1. The summed E-state index contributed by atoms with van der Waals surface area (Å²) < 4.78 is 10.7. The van der Waals surface area contributed by atoms with E-state index in [0.717, 1.165) is 17.1 Å². The second-order valence-electron chi connectivity index (χ2n) is 5.11. The van der Waals surface area contributed by atoms with E-state index >= 15 is 0 Å². The maximum atomic E-state index is 12.2. The normalized spacial score (nSPS) is 11.8. The first-order valence-electron chi connectivity index (χ1n) is 7.37. The first-order valence-corrected chi connectivity index (χ1v) is 7.37. The molecule has 22 heavy (non-hydrogen) atoms. The van der Waals surface area contributed by atoms with Crippen LogP contribution in [0.1, 0.15) is 31.2 Å². The molecule has 118 valence electrons. The second-order valence-corrected chi connectivity index (χ2v) is 5.11. The summed E-state index contributed by atoms with van der Waals surface area (Å²) in [6.45, 7) is 4.95. The molecule has 0 aliphatic rings. The highest BCUT2D eigenvalue weighted by Crippen LogP contribution is 2.19. The van der Waals surface area contributed by atoms with Gasteiger partial charge in [-0.25, -0.2) is 4.79 Å². The number of hydrogen-bond donors (Lipinski definition) is 1. The number of urea groups is 1. The van der Waals surface area contributed by atoms with Crippen LogP contribution >= 0.6 is 0 Å². The summed E-state index contributed by atoms with van der Waals surface area (Å²) in [5.74, 6) is 1.56. The molecule has 2 amide bonds. The summed E-state index contributed by atoms with van der Waals surface area (Å²) in [5, 5.41) is 2.97. The van der Waals surface area contributed by atoms with Crippen molar-refractivity contribution in [3.63, 3.8) is 0 Å². The maximum absolute atomic E-state index is 12.2. The molecule has 0 unspecified atom stereocenters. The Morgan fingerprint density at radius 3 is 2.86 bits per heavy atom. The average Bonchev–Trinajstić information content (AvgIpc) is 3.00. The Kier molecular flexibility index (Phi) is 5.47. The Morgan fingerprint density at radius 2 is 2.18 bits per heavy atom. The number of carbonyl (C=O) groups excluding carboxylic acids is 1. The van der Waals surface area contributed by atoms with Crippen LogP contribution in [0.25, 0.3) is 0 Å². The molecular formula is C17H22N2O3. The van der Waals surface area contributed by atoms with Crippen LogP contribution in [0.4, 0.5) is 4.79 Å². The van der Waals surface area contributed by atoms with Crippen molar-refractivity contribution in [1.29, 1.82) is 0 Å². The van der Waals surface area contributed by atoms with Crippen molar-refractivity contribution in [1.82, 2.24) is 10.2 Å². The van der Waals surface area contributed by atoms with Crippen molar-refractivity contribution < 1.29 is 13.9 Å². The van der Waals surface area contributed by atoms with Crippen LogP contribution in [-0.4, -0.2) is 24.6 Å². The van der Waals surface area contributed by atoms with Gasteiger partial charge in [-0.2, -0.15) is 0 Å². The van der Waals surface area contributed by atoms with Gasteiger partial charge in [-0.1, -0.05) is 12.1 Å². The Labute approximate surface area is 130 Å². The number of ether oxygens (including phenoxy) is 1. The fourth-order valence-corrected chi connectivity index (χ4v) is 2.13. The number of hydrogen-bond acceptors (Lipinski definition) is 3. The Bertz CT molecular complexity index is 596. The predicted molar refractivity (Wildman–Crippen MR) is 84.7 cm³/mol. The number of carbonyl (C=O) groups is 1. The van der Waals surface area contributed by atoms with Crippen LogP contribution in [0.5, 0.6) is 5.75 Å². The van der Waals surface area contributed by atoms with Gasteiger partial charge in [-0.15, -0.1) is 0 Å². The monoisotopic (exact) mass is 302 g/mol. The van der Waals surface area contributed by atoms with E-state index in [1.165, 1.54) is 0 Å². The van der Waals surface area contributed by atoms with Crippen LogP contribution in [0.15, 0.2) is 47.1 Å². The lowest BCUT2D eigenvalue weighted by Crippen LogP contribution is -2.38. The summed E-state index contributed by atoms with van der Waals surface area (Å²) in [6, 6.07) is 11.2. The molecule has 1 heterocycles. The smallest absolute Gasteiger partial charge is 0.318 e. The molecule has 1 aromatic carbocycles. The Morgan fingerprint density at radius 1 is 1.36 bits per heavy atom. The predicted octanol–water partition coefficient (Wildman–Crippen LogP) is 3.58. The standard InChI is InChI=1S/C17H22N2O3/c1-4-21-15-8-5-7-14(11-15)13(2)18-17(20)19(3)12-16-9-6-10-22-16/h5-11,13H,4,12H2,1-3H3,(H,18,20)/t13-/m0/s1. The van der Waals surface area contributed by atoms with Crippen molar-refractivity contribution in [2.75, 3.05) is 13.7 Å². The zero-order valence-electron chi connectivity index (χ0n) is 13.2. The highest BCUT2D eigenvalue weighted by molar-refractivity contribution is 5.74. The third kappa shape index (κ3) is 4.28. The number of rotatable bonds is 6. The highest BCUT2D eigenvalue weighted by Gasteiger charge is 2.14. The summed E-state index contributed by atoms with van der Waals surface area (Å²) in [5.41, 5.74) is 1.01. The van der Waals surface area contributed by atoms with Crippen molar-refractivity contribution >= 4 is 6.03 Å². The first-order chi connectivity index (χ1) is 10.6. The lowest BCUT2D eigenvalue weighted by Gasteiger charge is -2.21. The van der Waals surface area contributed by atoms with Crippen molar-refractivity contribution in [3.8, 4) is 5.75 Å². The summed E-state index contributed by atoms with van der Waals surface area (Å²) in [7, 11) is 1.74. The molecule has 0 aliphatic heterocycles. The number of benzene rings is 1. The summed E-state index contributed by atoms with van der Waals surface area (Å²) in [6.07, 6.45) is 1.60. The molecule has 0 radical (unpaired) electrons. The Hall–Kier alpha value is -2.43. The molecule has 0 aliphatic carbocycles. The molecule has 5 heteroatoms. The van der Waals surface area contributed by atoms with Gasteiger partial charge in [0, 0.05) is 7.05 Å². The molecule has 5 nitrogen and oxygen atoms in total. The number of nitrogens with one attached hydrogen (secondary N) is 1. The average molecular weight is 302 g/mol. The minimum atomic E-state index is -0.147. The number of nitrogens with zero attached hydrogens (tertiary/aromatic N) is 1. The van der Waals surface area contributed by atoms with E-state index in [1.807, 2.05) is 50.2 Å². The topological polar surface area (TPSA) is 54.7 Å². The van der Waals surface area contributed by atoms with E-state index < -0.39 is 0 Å². The van der Waals surface area contributed by atoms with Gasteiger partial charge in [0.2, 0.25) is 0 Å². The van der Waals surface area contributed by atoms with Crippen molar-refractivity contribution in [2.45, 2.75) is 26.4 Å². The highest BCUT2D eigenvalue weighted by atomic mass is 16.5. The maximum Gasteiger partial charge on any atom is 0.318 e. The molecule has 0 fully saturated rings. The minimum Gasteiger partial charge on any atom is -0.494 e. The van der Waals surface area contributed by atoms with Gasteiger partial charge >= 0.3 is 6.03 Å². The van der Waals surface area contributed by atoms with Gasteiger partial charge in [-0.05, 0) is 43.7 Å². The molecule has 1 N–H and O–H groups in total. The van der Waals surface area contributed by atoms with Gasteiger partial charge in [0.15, 0.2) is 0 Å². The lowest BCUT2D eigenvalue weighted by molar-refractivity contribution is 0.199. The summed E-state index contributed by atoms with van der Waals surface area (Å²) >= 11 is 0. The zero-order chi connectivity index (χ0) is 15.9. The molecule has 2 aromatic rings. The van der Waals surface area contributed by atoms with E-state index in [0.29, 0.717) is 13.2 Å². The molecular weight excluding hydrogens is 280 g/mol. The van der Waals surface area contributed by atoms with Crippen LogP contribution in [0, 0.1) is 0 Å². The van der Waals surface area contributed by atoms with Crippen molar-refractivity contribution in [2.24, 2.45) is 0 Å². The Balaban J connectivity index is 1.94. The molecule has 1 atom stereocenters. The third-order valence-corrected chi connectivity index (χ3v) is 3.33. The van der Waals surface area contributed by atoms with Gasteiger partial charge in [0.05, 0.1) is 25.5 Å². The number of amides is 2. The molecule has 0 bridgehead atoms. The third-order valence-electron chi connectivity index (χ3n) is 3.33. The molecule has 0 saturated carbocycles. The molecule has 2 rings (SSSR count). The number of furan rings is 1. The van der Waals surface area contributed by atoms with E-state index in [4.69, 9.17) is 9.15 Å². The van der Waals surface area contributed by atoms with Gasteiger partial charge < -0.3 is 19.4 Å². The molecule has 0 saturated heterocycles. The van der Waals surface area contributed by atoms with Crippen LogP contribution in [0.3, 0.4) is 0 Å².